The number of hydrogen-bond acceptors (Lipinski definition) is 3. The average molecular weight is 346 g/mol. The molecule has 0 bridgehead atoms. The van der Waals surface area contributed by atoms with Crippen molar-refractivity contribution in [3.8, 4) is 0 Å². The summed E-state index contributed by atoms with van der Waals surface area (Å²) in [5, 5.41) is 1.22. The molecule has 5 heteroatoms. The van der Waals surface area contributed by atoms with Gasteiger partial charge in [0.1, 0.15) is 5.82 Å². The maximum Gasteiger partial charge on any atom is 0.222 e. The summed E-state index contributed by atoms with van der Waals surface area (Å²) >= 11 is 1.79. The largest absolute Gasteiger partial charge is 0.343 e. The Bertz CT molecular complexity index is 700. The van der Waals surface area contributed by atoms with Gasteiger partial charge in [0.05, 0.1) is 10.7 Å². The van der Waals surface area contributed by atoms with Crippen LogP contribution in [0, 0.1) is 19.7 Å². The van der Waals surface area contributed by atoms with Gasteiger partial charge in [-0.3, -0.25) is 4.79 Å². The standard InChI is InChI=1S/C19H23FN2OS/c1-13-14(2)24-19(21-13)16-8-10-22(11-9-16)18(23)7-6-15-4-3-5-17(20)12-15/h3-5,12,16H,6-11H2,1-2H3. The van der Waals surface area contributed by atoms with E-state index >= 15 is 0 Å². The minimum absolute atomic E-state index is 0.171. The van der Waals surface area contributed by atoms with Crippen molar-refractivity contribution in [2.75, 3.05) is 13.1 Å². The van der Waals surface area contributed by atoms with Gasteiger partial charge in [-0.15, -0.1) is 11.3 Å². The molecule has 0 aliphatic carbocycles. The summed E-state index contributed by atoms with van der Waals surface area (Å²) in [4.78, 5) is 20.3. The van der Waals surface area contributed by atoms with Gasteiger partial charge in [0, 0.05) is 30.3 Å². The highest BCUT2D eigenvalue weighted by atomic mass is 32.1. The second-order valence-electron chi connectivity index (χ2n) is 6.48. The quantitative estimate of drug-likeness (QED) is 0.830. The number of aromatic nitrogens is 1. The molecule has 1 aliphatic rings. The van der Waals surface area contributed by atoms with E-state index in [1.165, 1.54) is 22.0 Å². The number of carbonyl (C=O) groups excluding carboxylic acids is 1. The molecule has 3 rings (SSSR count). The van der Waals surface area contributed by atoms with E-state index in [0.717, 1.165) is 37.2 Å². The molecule has 1 saturated heterocycles. The Balaban J connectivity index is 1.50. The zero-order chi connectivity index (χ0) is 17.1. The normalized spacial score (nSPS) is 15.7. The third-order valence-electron chi connectivity index (χ3n) is 4.76. The minimum atomic E-state index is -0.241. The van der Waals surface area contributed by atoms with Gasteiger partial charge in [0.15, 0.2) is 0 Å². The lowest BCUT2D eigenvalue weighted by molar-refractivity contribution is -0.132. The Hall–Kier alpha value is -1.75. The Kier molecular flexibility index (Phi) is 5.29. The third kappa shape index (κ3) is 4.01. The van der Waals surface area contributed by atoms with Gasteiger partial charge in [-0.2, -0.15) is 0 Å². The fourth-order valence-electron chi connectivity index (χ4n) is 3.15. The number of benzene rings is 1. The number of amides is 1. The monoisotopic (exact) mass is 346 g/mol. The molecule has 0 saturated carbocycles. The van der Waals surface area contributed by atoms with Gasteiger partial charge in [-0.05, 0) is 50.8 Å². The summed E-state index contributed by atoms with van der Waals surface area (Å²) in [6.07, 6.45) is 3.02. The van der Waals surface area contributed by atoms with Crippen LogP contribution in [0.5, 0.6) is 0 Å². The van der Waals surface area contributed by atoms with Gasteiger partial charge in [-0.25, -0.2) is 9.37 Å². The van der Waals surface area contributed by atoms with E-state index in [1.807, 2.05) is 11.0 Å². The van der Waals surface area contributed by atoms with Crippen molar-refractivity contribution in [1.29, 1.82) is 0 Å². The summed E-state index contributed by atoms with van der Waals surface area (Å²) in [5.41, 5.74) is 2.01. The molecule has 2 aromatic rings. The van der Waals surface area contributed by atoms with Crippen LogP contribution in [-0.2, 0) is 11.2 Å². The average Bonchev–Trinajstić information content (AvgIpc) is 2.92. The first-order valence-corrected chi connectivity index (χ1v) is 9.30. The highest BCUT2D eigenvalue weighted by Crippen LogP contribution is 2.32. The molecule has 2 heterocycles. The molecular weight excluding hydrogens is 323 g/mol. The van der Waals surface area contributed by atoms with Gasteiger partial charge in [0.2, 0.25) is 5.91 Å². The highest BCUT2D eigenvalue weighted by molar-refractivity contribution is 7.11. The lowest BCUT2D eigenvalue weighted by Gasteiger charge is -2.31. The lowest BCUT2D eigenvalue weighted by Crippen LogP contribution is -2.38. The zero-order valence-corrected chi connectivity index (χ0v) is 15.0. The first kappa shape index (κ1) is 17.1. The molecule has 24 heavy (non-hydrogen) atoms. The molecule has 128 valence electrons. The highest BCUT2D eigenvalue weighted by Gasteiger charge is 2.25. The van der Waals surface area contributed by atoms with Crippen LogP contribution in [0.25, 0.3) is 0 Å². The fourth-order valence-corrected chi connectivity index (χ4v) is 4.24. The Morgan fingerprint density at radius 1 is 1.33 bits per heavy atom. The van der Waals surface area contributed by atoms with Gasteiger partial charge in [0.25, 0.3) is 0 Å². The first-order valence-electron chi connectivity index (χ1n) is 8.49. The smallest absolute Gasteiger partial charge is 0.222 e. The number of carbonyl (C=O) groups is 1. The number of hydrogen-bond donors (Lipinski definition) is 0. The van der Waals surface area contributed by atoms with Crippen molar-refractivity contribution in [3.63, 3.8) is 0 Å². The first-order chi connectivity index (χ1) is 11.5. The number of nitrogens with zero attached hydrogens (tertiary/aromatic N) is 2. The van der Waals surface area contributed by atoms with Crippen LogP contribution in [0.1, 0.15) is 46.3 Å². The van der Waals surface area contributed by atoms with Crippen molar-refractivity contribution in [1.82, 2.24) is 9.88 Å². The molecule has 0 unspecified atom stereocenters. The van der Waals surface area contributed by atoms with Crippen molar-refractivity contribution in [3.05, 3.63) is 51.2 Å². The van der Waals surface area contributed by atoms with Crippen molar-refractivity contribution in [2.24, 2.45) is 0 Å². The third-order valence-corrected chi connectivity index (χ3v) is 5.99. The van der Waals surface area contributed by atoms with Gasteiger partial charge >= 0.3 is 0 Å². The van der Waals surface area contributed by atoms with Crippen molar-refractivity contribution in [2.45, 2.75) is 45.4 Å². The van der Waals surface area contributed by atoms with Crippen molar-refractivity contribution < 1.29 is 9.18 Å². The number of likely N-dealkylation sites (tertiary alicyclic amines) is 1. The Morgan fingerprint density at radius 2 is 2.08 bits per heavy atom. The van der Waals surface area contributed by atoms with Gasteiger partial charge in [-0.1, -0.05) is 12.1 Å². The number of aryl methyl sites for hydroxylation is 3. The molecule has 1 aliphatic heterocycles. The molecule has 1 amide bonds. The zero-order valence-electron chi connectivity index (χ0n) is 14.2. The molecule has 0 radical (unpaired) electrons. The fraction of sp³-hybridized carbons (Fsp3) is 0.474. The van der Waals surface area contributed by atoms with E-state index in [0.29, 0.717) is 18.8 Å². The molecule has 1 aromatic carbocycles. The van der Waals surface area contributed by atoms with Crippen LogP contribution in [0.3, 0.4) is 0 Å². The SMILES string of the molecule is Cc1nc(C2CCN(C(=O)CCc3cccc(F)c3)CC2)sc1C. The summed E-state index contributed by atoms with van der Waals surface area (Å²) < 4.78 is 13.2. The van der Waals surface area contributed by atoms with E-state index in [9.17, 15) is 9.18 Å². The topological polar surface area (TPSA) is 33.2 Å². The second kappa shape index (κ2) is 7.43. The van der Waals surface area contributed by atoms with Crippen LogP contribution < -0.4 is 0 Å². The van der Waals surface area contributed by atoms with E-state index in [4.69, 9.17) is 0 Å². The molecule has 0 N–H and O–H groups in total. The predicted octanol–water partition coefficient (Wildman–Crippen LogP) is 4.24. The number of thiazole rings is 1. The maximum absolute atomic E-state index is 13.2. The summed E-state index contributed by atoms with van der Waals surface area (Å²) in [7, 11) is 0. The van der Waals surface area contributed by atoms with Crippen LogP contribution in [0.4, 0.5) is 4.39 Å². The van der Waals surface area contributed by atoms with Crippen LogP contribution >= 0.6 is 11.3 Å². The number of piperidine rings is 1. The molecular formula is C19H23FN2OS. The van der Waals surface area contributed by atoms with Crippen LogP contribution in [0.2, 0.25) is 0 Å². The van der Waals surface area contributed by atoms with E-state index in [-0.39, 0.29) is 11.7 Å². The minimum Gasteiger partial charge on any atom is -0.343 e. The summed E-state index contributed by atoms with van der Waals surface area (Å²) in [6.45, 7) is 5.76. The second-order valence-corrected chi connectivity index (χ2v) is 7.71. The van der Waals surface area contributed by atoms with Gasteiger partial charge < -0.3 is 4.90 Å². The van der Waals surface area contributed by atoms with E-state index in [2.05, 4.69) is 18.8 Å². The molecule has 3 nitrogen and oxygen atoms in total. The number of rotatable bonds is 4. The molecule has 1 fully saturated rings. The summed E-state index contributed by atoms with van der Waals surface area (Å²) in [5.74, 6) is 0.411. The van der Waals surface area contributed by atoms with Crippen LogP contribution in [-0.4, -0.2) is 28.9 Å². The molecule has 0 atom stereocenters. The summed E-state index contributed by atoms with van der Waals surface area (Å²) in [6, 6.07) is 6.50. The Morgan fingerprint density at radius 3 is 2.71 bits per heavy atom. The van der Waals surface area contributed by atoms with E-state index in [1.54, 1.807) is 17.4 Å². The predicted molar refractivity (Wildman–Crippen MR) is 94.9 cm³/mol. The van der Waals surface area contributed by atoms with Crippen LogP contribution in [0.15, 0.2) is 24.3 Å². The Labute approximate surface area is 146 Å². The van der Waals surface area contributed by atoms with Crippen molar-refractivity contribution >= 4 is 17.2 Å². The maximum atomic E-state index is 13.2. The van der Waals surface area contributed by atoms with E-state index < -0.39 is 0 Å². The number of halogens is 1. The molecule has 0 spiro atoms. The molecule has 1 aromatic heterocycles. The lowest BCUT2D eigenvalue weighted by atomic mass is 9.97.